The summed E-state index contributed by atoms with van der Waals surface area (Å²) in [5.74, 6) is -0.205. The van der Waals surface area contributed by atoms with Crippen molar-refractivity contribution in [2.75, 3.05) is 0 Å². The normalized spacial score (nSPS) is 45.2. The first kappa shape index (κ1) is 19.4. The van der Waals surface area contributed by atoms with Gasteiger partial charge in [0.25, 0.3) is 0 Å². The van der Waals surface area contributed by atoms with Crippen molar-refractivity contribution < 1.29 is 19.4 Å². The Hall–Kier alpha value is -1.39. The zero-order valence-corrected chi connectivity index (χ0v) is 16.7. The molecule has 2 bridgehead atoms. The van der Waals surface area contributed by atoms with Crippen molar-refractivity contribution in [1.82, 2.24) is 0 Å². The second kappa shape index (κ2) is 6.65. The second-order valence-corrected chi connectivity index (χ2v) is 8.77. The van der Waals surface area contributed by atoms with E-state index in [0.717, 1.165) is 36.8 Å². The first-order valence-corrected chi connectivity index (χ1v) is 9.69. The molecule has 3 rings (SSSR count). The minimum Gasteiger partial charge on any atom is -0.458 e. The van der Waals surface area contributed by atoms with Gasteiger partial charge in [0.1, 0.15) is 18.3 Å². The van der Waals surface area contributed by atoms with Gasteiger partial charge in [-0.25, -0.2) is 0 Å². The molecule has 1 N–H and O–H groups in total. The van der Waals surface area contributed by atoms with E-state index in [1.54, 1.807) is 0 Å². The zero-order chi connectivity index (χ0) is 19.3. The van der Waals surface area contributed by atoms with Gasteiger partial charge in [0.2, 0.25) is 0 Å². The molecule has 0 amide bonds. The van der Waals surface area contributed by atoms with E-state index in [4.69, 9.17) is 9.47 Å². The van der Waals surface area contributed by atoms with Gasteiger partial charge in [0.05, 0.1) is 5.60 Å². The molecule has 1 aliphatic heterocycles. The highest BCUT2D eigenvalue weighted by Crippen LogP contribution is 2.53. The Balaban J connectivity index is 2.03. The minimum atomic E-state index is -0.734. The van der Waals surface area contributed by atoms with Crippen molar-refractivity contribution in [2.45, 2.75) is 84.2 Å². The lowest BCUT2D eigenvalue weighted by Gasteiger charge is -2.46. The maximum atomic E-state index is 11.6. The van der Waals surface area contributed by atoms with E-state index >= 15 is 0 Å². The number of allylic oxidation sites excluding steroid dienone is 2. The fraction of sp³-hybridized carbons (Fsp3) is 0.682. The number of epoxide rings is 1. The lowest BCUT2D eigenvalue weighted by molar-refractivity contribution is -0.148. The van der Waals surface area contributed by atoms with Gasteiger partial charge in [0, 0.05) is 12.8 Å². The third-order valence-electron chi connectivity index (χ3n) is 6.90. The number of rotatable bonds is 1. The van der Waals surface area contributed by atoms with Gasteiger partial charge in [-0.1, -0.05) is 32.1 Å². The Morgan fingerprint density at radius 3 is 2.73 bits per heavy atom. The summed E-state index contributed by atoms with van der Waals surface area (Å²) >= 11 is 0. The van der Waals surface area contributed by atoms with Crippen molar-refractivity contribution in [3.63, 3.8) is 0 Å². The summed E-state index contributed by atoms with van der Waals surface area (Å²) in [7, 11) is 0. The average molecular weight is 360 g/mol. The van der Waals surface area contributed by atoms with E-state index in [-0.39, 0.29) is 35.1 Å². The molecule has 2 aliphatic carbocycles. The zero-order valence-electron chi connectivity index (χ0n) is 16.7. The van der Waals surface area contributed by atoms with Crippen LogP contribution in [0.25, 0.3) is 0 Å². The predicted octanol–water partition coefficient (Wildman–Crippen LogP) is 4.10. The fourth-order valence-corrected chi connectivity index (χ4v) is 4.56. The molecule has 0 radical (unpaired) electrons. The number of hydrogen-bond acceptors (Lipinski definition) is 4. The molecule has 0 spiro atoms. The van der Waals surface area contributed by atoms with Crippen molar-refractivity contribution >= 4 is 5.97 Å². The Morgan fingerprint density at radius 2 is 2.08 bits per heavy atom. The number of esters is 1. The largest absolute Gasteiger partial charge is 0.458 e. The molecular weight excluding hydrogens is 328 g/mol. The van der Waals surface area contributed by atoms with Crippen LogP contribution in [0, 0.1) is 11.3 Å². The van der Waals surface area contributed by atoms with Gasteiger partial charge in [-0.3, -0.25) is 4.79 Å². The number of aliphatic hydroxyl groups is 1. The Morgan fingerprint density at radius 1 is 1.38 bits per heavy atom. The number of ether oxygens (including phenoxy) is 2. The maximum Gasteiger partial charge on any atom is 0.303 e. The van der Waals surface area contributed by atoms with Crippen LogP contribution in [0.15, 0.2) is 35.5 Å². The van der Waals surface area contributed by atoms with E-state index in [9.17, 15) is 9.90 Å². The van der Waals surface area contributed by atoms with Gasteiger partial charge in [-0.15, -0.1) is 0 Å². The van der Waals surface area contributed by atoms with Crippen LogP contribution in [0.3, 0.4) is 0 Å². The fourth-order valence-electron chi connectivity index (χ4n) is 4.56. The molecule has 1 saturated heterocycles. The van der Waals surface area contributed by atoms with Crippen LogP contribution in [-0.4, -0.2) is 35.0 Å². The third kappa shape index (κ3) is 3.29. The molecule has 0 aromatic heterocycles. The molecule has 0 saturated carbocycles. The summed E-state index contributed by atoms with van der Waals surface area (Å²) in [6, 6.07) is 0. The Bertz CT molecular complexity index is 676. The number of carbonyl (C=O) groups is 1. The summed E-state index contributed by atoms with van der Waals surface area (Å²) in [6.45, 7) is 14.3. The van der Waals surface area contributed by atoms with E-state index < -0.39 is 6.10 Å². The van der Waals surface area contributed by atoms with Gasteiger partial charge < -0.3 is 14.6 Å². The average Bonchev–Trinajstić information content (AvgIpc) is 3.24. The Kier molecular flexibility index (Phi) is 4.95. The van der Waals surface area contributed by atoms with Crippen LogP contribution < -0.4 is 0 Å². The van der Waals surface area contributed by atoms with E-state index in [1.807, 2.05) is 6.08 Å². The van der Waals surface area contributed by atoms with E-state index in [0.29, 0.717) is 0 Å². The quantitative estimate of drug-likeness (QED) is 0.435. The molecule has 0 aromatic rings. The highest BCUT2D eigenvalue weighted by Gasteiger charge is 2.58. The standard InChI is InChI=1S/C22H32O4/c1-13-8-7-10-22(6)20(26-22)19(24)17-12-18(25-16(4)23)15(3)21(5,11-9-13)14(17)2/h8,12,15,18-20,24H,2,7,9-11H2,1,3-6H3/b13-8+/t15-,18-,19-,20-,21-,22+/m1/s1. The molecule has 4 nitrogen and oxygen atoms in total. The van der Waals surface area contributed by atoms with Crippen molar-refractivity contribution in [3.8, 4) is 0 Å². The molecule has 144 valence electrons. The molecule has 0 unspecified atom stereocenters. The molecule has 3 aliphatic rings. The summed E-state index contributed by atoms with van der Waals surface area (Å²) in [5, 5.41) is 11.0. The molecule has 0 aromatic carbocycles. The number of carbonyl (C=O) groups excluding carboxylic acids is 1. The lowest BCUT2D eigenvalue weighted by atomic mass is 9.61. The molecule has 4 heteroatoms. The van der Waals surface area contributed by atoms with Crippen LogP contribution in [0.2, 0.25) is 0 Å². The van der Waals surface area contributed by atoms with E-state index in [1.165, 1.54) is 12.5 Å². The molecule has 1 heterocycles. The monoisotopic (exact) mass is 360 g/mol. The Labute approximate surface area is 156 Å². The highest BCUT2D eigenvalue weighted by molar-refractivity contribution is 5.66. The van der Waals surface area contributed by atoms with Crippen molar-refractivity contribution in [2.24, 2.45) is 11.3 Å². The lowest BCUT2D eigenvalue weighted by Crippen LogP contribution is -2.44. The highest BCUT2D eigenvalue weighted by atomic mass is 16.6. The van der Waals surface area contributed by atoms with Crippen molar-refractivity contribution in [1.29, 1.82) is 0 Å². The van der Waals surface area contributed by atoms with Gasteiger partial charge in [-0.2, -0.15) is 0 Å². The van der Waals surface area contributed by atoms with Crippen LogP contribution in [0.1, 0.15) is 60.3 Å². The van der Waals surface area contributed by atoms with Crippen LogP contribution >= 0.6 is 0 Å². The summed E-state index contributed by atoms with van der Waals surface area (Å²) in [6.07, 6.45) is 6.62. The van der Waals surface area contributed by atoms with Gasteiger partial charge >= 0.3 is 5.97 Å². The first-order chi connectivity index (χ1) is 12.1. The van der Waals surface area contributed by atoms with Crippen LogP contribution in [0.5, 0.6) is 0 Å². The number of hydrogen-bond donors (Lipinski definition) is 1. The van der Waals surface area contributed by atoms with Gasteiger partial charge in [0.15, 0.2) is 0 Å². The smallest absolute Gasteiger partial charge is 0.303 e. The molecule has 1 fully saturated rings. The topological polar surface area (TPSA) is 59.1 Å². The SMILES string of the molecule is C=C1C2=C[C@@H](OC(C)=O)[C@@H](C)[C@]1(C)CC/C(C)=C/CC[C@]1(C)O[C@@H]1[C@@H]2O. The summed E-state index contributed by atoms with van der Waals surface area (Å²) < 4.78 is 11.5. The summed E-state index contributed by atoms with van der Waals surface area (Å²) in [5.41, 5.74) is 2.56. The molecule has 6 atom stereocenters. The van der Waals surface area contributed by atoms with Crippen LogP contribution in [-0.2, 0) is 14.3 Å². The number of fused-ring (bicyclic) bond motifs is 3. The second-order valence-electron chi connectivity index (χ2n) is 8.77. The predicted molar refractivity (Wildman–Crippen MR) is 102 cm³/mol. The minimum absolute atomic E-state index is 0.0945. The van der Waals surface area contributed by atoms with E-state index in [2.05, 4.69) is 40.3 Å². The summed E-state index contributed by atoms with van der Waals surface area (Å²) in [4.78, 5) is 11.6. The van der Waals surface area contributed by atoms with Crippen molar-refractivity contribution in [3.05, 3.63) is 35.5 Å². The molecule has 26 heavy (non-hydrogen) atoms. The third-order valence-corrected chi connectivity index (χ3v) is 6.90. The maximum absolute atomic E-state index is 11.6. The van der Waals surface area contributed by atoms with Crippen LogP contribution in [0.4, 0.5) is 0 Å². The molecular formula is C22H32O4. The number of aliphatic hydroxyl groups excluding tert-OH is 1. The van der Waals surface area contributed by atoms with Gasteiger partial charge in [-0.05, 0) is 62.2 Å². The first-order valence-electron chi connectivity index (χ1n) is 9.69.